The Hall–Kier alpha value is -1.61. The molecule has 1 unspecified atom stereocenters. The first-order valence-corrected chi connectivity index (χ1v) is 11.6. The number of esters is 1. The topological polar surface area (TPSA) is 46.5 Å². The van der Waals surface area contributed by atoms with E-state index in [-0.39, 0.29) is 19.1 Å². The van der Waals surface area contributed by atoms with Gasteiger partial charge >= 0.3 is 5.97 Å². The Kier molecular flexibility index (Phi) is 9.93. The molecule has 1 aliphatic carbocycles. The Bertz CT molecular complexity index is 656. The minimum atomic E-state index is -0.397. The van der Waals surface area contributed by atoms with E-state index in [2.05, 4.69) is 38.6 Å². The summed E-state index contributed by atoms with van der Waals surface area (Å²) < 4.78 is 5.28. The van der Waals surface area contributed by atoms with Crippen molar-refractivity contribution in [3.63, 3.8) is 0 Å². The average molecular weight is 401 g/mol. The molecular formula is C26H40O3. The summed E-state index contributed by atoms with van der Waals surface area (Å²) in [5.74, 6) is 0.998. The molecule has 0 aliphatic heterocycles. The number of carbonyl (C=O) groups is 1. The summed E-state index contributed by atoms with van der Waals surface area (Å²) in [6.07, 6.45) is 11.8. The van der Waals surface area contributed by atoms with Crippen molar-refractivity contribution in [2.24, 2.45) is 5.92 Å². The maximum absolute atomic E-state index is 11.7. The largest absolute Gasteiger partial charge is 0.462 e. The SMILES string of the molecule is C=C(C)C(=O)OCC(CO)c1ccc(C2CCC(CCCCC)CC2)c(CC)c1. The fourth-order valence-corrected chi connectivity index (χ4v) is 4.58. The molecule has 1 fully saturated rings. The molecule has 1 aliphatic rings. The minimum Gasteiger partial charge on any atom is -0.462 e. The van der Waals surface area contributed by atoms with Crippen LogP contribution < -0.4 is 0 Å². The molecule has 0 saturated heterocycles. The highest BCUT2D eigenvalue weighted by molar-refractivity contribution is 5.86. The second kappa shape index (κ2) is 12.2. The molecule has 0 radical (unpaired) electrons. The lowest BCUT2D eigenvalue weighted by atomic mass is 9.75. The molecule has 0 aromatic heterocycles. The van der Waals surface area contributed by atoms with Gasteiger partial charge in [-0.2, -0.15) is 0 Å². The molecule has 1 aromatic carbocycles. The third kappa shape index (κ3) is 6.99. The van der Waals surface area contributed by atoms with Crippen LogP contribution >= 0.6 is 0 Å². The summed E-state index contributed by atoms with van der Waals surface area (Å²) in [4.78, 5) is 11.7. The first kappa shape index (κ1) is 23.7. The van der Waals surface area contributed by atoms with Crippen LogP contribution in [0, 0.1) is 5.92 Å². The van der Waals surface area contributed by atoms with Gasteiger partial charge in [-0.1, -0.05) is 64.3 Å². The van der Waals surface area contributed by atoms with E-state index < -0.39 is 5.97 Å². The molecule has 0 amide bonds. The summed E-state index contributed by atoms with van der Waals surface area (Å²) in [5.41, 5.74) is 4.30. The van der Waals surface area contributed by atoms with E-state index in [0.29, 0.717) is 11.5 Å². The zero-order chi connectivity index (χ0) is 21.2. The van der Waals surface area contributed by atoms with Crippen molar-refractivity contribution in [1.82, 2.24) is 0 Å². The van der Waals surface area contributed by atoms with Crippen LogP contribution in [-0.2, 0) is 16.0 Å². The van der Waals surface area contributed by atoms with Gasteiger partial charge in [-0.05, 0) is 67.6 Å². The van der Waals surface area contributed by atoms with Crippen LogP contribution in [0.3, 0.4) is 0 Å². The summed E-state index contributed by atoms with van der Waals surface area (Å²) >= 11 is 0. The van der Waals surface area contributed by atoms with Crippen molar-refractivity contribution in [1.29, 1.82) is 0 Å². The quantitative estimate of drug-likeness (QED) is 0.269. The number of rotatable bonds is 11. The number of aliphatic hydroxyl groups is 1. The van der Waals surface area contributed by atoms with Gasteiger partial charge in [0.2, 0.25) is 0 Å². The van der Waals surface area contributed by atoms with Crippen molar-refractivity contribution < 1.29 is 14.6 Å². The van der Waals surface area contributed by atoms with Gasteiger partial charge in [0.15, 0.2) is 0 Å². The smallest absolute Gasteiger partial charge is 0.333 e. The fraction of sp³-hybridized carbons (Fsp3) is 0.654. The van der Waals surface area contributed by atoms with Crippen LogP contribution in [0.2, 0.25) is 0 Å². The molecule has 1 saturated carbocycles. The zero-order valence-electron chi connectivity index (χ0n) is 18.7. The van der Waals surface area contributed by atoms with Gasteiger partial charge in [0.05, 0.1) is 6.61 Å². The molecule has 1 N–H and O–H groups in total. The van der Waals surface area contributed by atoms with Crippen LogP contribution in [0.1, 0.15) is 101 Å². The normalized spacial score (nSPS) is 20.3. The second-order valence-corrected chi connectivity index (χ2v) is 8.78. The minimum absolute atomic E-state index is 0.0329. The third-order valence-corrected chi connectivity index (χ3v) is 6.51. The van der Waals surface area contributed by atoms with E-state index in [9.17, 15) is 9.90 Å². The van der Waals surface area contributed by atoms with Crippen molar-refractivity contribution in [2.45, 2.75) is 90.4 Å². The lowest BCUT2D eigenvalue weighted by Gasteiger charge is -2.30. The molecule has 0 spiro atoms. The number of carbonyl (C=O) groups excluding carboxylic acids is 1. The summed E-state index contributed by atoms with van der Waals surface area (Å²) in [5, 5.41) is 9.82. The Morgan fingerprint density at radius 1 is 1.21 bits per heavy atom. The van der Waals surface area contributed by atoms with E-state index >= 15 is 0 Å². The van der Waals surface area contributed by atoms with E-state index in [4.69, 9.17) is 4.74 Å². The predicted molar refractivity (Wildman–Crippen MR) is 120 cm³/mol. The van der Waals surface area contributed by atoms with Gasteiger partial charge < -0.3 is 9.84 Å². The number of hydrogen-bond donors (Lipinski definition) is 1. The Morgan fingerprint density at radius 3 is 2.52 bits per heavy atom. The first-order chi connectivity index (χ1) is 14.0. The number of unbranched alkanes of at least 4 members (excludes halogenated alkanes) is 2. The highest BCUT2D eigenvalue weighted by atomic mass is 16.5. The average Bonchev–Trinajstić information content (AvgIpc) is 2.74. The first-order valence-electron chi connectivity index (χ1n) is 11.6. The monoisotopic (exact) mass is 400 g/mol. The lowest BCUT2D eigenvalue weighted by molar-refractivity contribution is -0.139. The number of aryl methyl sites for hydroxylation is 1. The number of ether oxygens (including phenoxy) is 1. The van der Waals surface area contributed by atoms with Gasteiger partial charge in [0.25, 0.3) is 0 Å². The standard InChI is InChI=1S/C26H40O3/c1-5-7-8-9-20-10-12-22(13-11-20)25-15-14-23(16-21(25)6-2)24(17-27)18-29-26(28)19(3)4/h14-16,20,22,24,27H,3,5-13,17-18H2,1-2,4H3. The van der Waals surface area contributed by atoms with Gasteiger partial charge in [0, 0.05) is 11.5 Å². The highest BCUT2D eigenvalue weighted by Crippen LogP contribution is 2.39. The second-order valence-electron chi connectivity index (χ2n) is 8.78. The molecule has 2 rings (SSSR count). The lowest BCUT2D eigenvalue weighted by Crippen LogP contribution is -2.17. The molecule has 1 aromatic rings. The number of aliphatic hydroxyl groups excluding tert-OH is 1. The van der Waals surface area contributed by atoms with E-state index in [1.807, 2.05) is 0 Å². The fourth-order valence-electron chi connectivity index (χ4n) is 4.58. The molecule has 0 heterocycles. The summed E-state index contributed by atoms with van der Waals surface area (Å²) in [6.45, 7) is 9.88. The Labute approximate surface area is 177 Å². The maximum atomic E-state index is 11.7. The molecule has 162 valence electrons. The van der Waals surface area contributed by atoms with Crippen LogP contribution in [0.25, 0.3) is 0 Å². The van der Waals surface area contributed by atoms with Crippen LogP contribution in [0.4, 0.5) is 0 Å². The predicted octanol–water partition coefficient (Wildman–Crippen LogP) is 6.30. The van der Waals surface area contributed by atoms with E-state index in [1.165, 1.54) is 62.5 Å². The summed E-state index contributed by atoms with van der Waals surface area (Å²) in [6, 6.07) is 6.61. The van der Waals surface area contributed by atoms with Gasteiger partial charge in [-0.3, -0.25) is 0 Å². The van der Waals surface area contributed by atoms with Crippen molar-refractivity contribution in [3.8, 4) is 0 Å². The van der Waals surface area contributed by atoms with Crippen LogP contribution in [-0.4, -0.2) is 24.3 Å². The van der Waals surface area contributed by atoms with Crippen molar-refractivity contribution >= 4 is 5.97 Å². The molecule has 0 bridgehead atoms. The Balaban J connectivity index is 2.01. The van der Waals surface area contributed by atoms with Crippen LogP contribution in [0.5, 0.6) is 0 Å². The van der Waals surface area contributed by atoms with Gasteiger partial charge in [0.1, 0.15) is 6.61 Å². The number of hydrogen-bond acceptors (Lipinski definition) is 3. The molecule has 3 nitrogen and oxygen atoms in total. The number of benzene rings is 1. The molecular weight excluding hydrogens is 360 g/mol. The molecule has 1 atom stereocenters. The highest BCUT2D eigenvalue weighted by Gasteiger charge is 2.24. The molecule has 29 heavy (non-hydrogen) atoms. The van der Waals surface area contributed by atoms with Gasteiger partial charge in [-0.15, -0.1) is 0 Å². The Morgan fingerprint density at radius 2 is 1.93 bits per heavy atom. The van der Waals surface area contributed by atoms with E-state index in [1.54, 1.807) is 6.92 Å². The van der Waals surface area contributed by atoms with Crippen molar-refractivity contribution in [2.75, 3.05) is 13.2 Å². The van der Waals surface area contributed by atoms with Crippen molar-refractivity contribution in [3.05, 3.63) is 47.0 Å². The molecule has 3 heteroatoms. The third-order valence-electron chi connectivity index (χ3n) is 6.51. The summed E-state index contributed by atoms with van der Waals surface area (Å²) in [7, 11) is 0. The van der Waals surface area contributed by atoms with E-state index in [0.717, 1.165) is 17.9 Å². The zero-order valence-corrected chi connectivity index (χ0v) is 18.7. The van der Waals surface area contributed by atoms with Gasteiger partial charge in [-0.25, -0.2) is 4.79 Å². The van der Waals surface area contributed by atoms with Crippen LogP contribution in [0.15, 0.2) is 30.4 Å². The maximum Gasteiger partial charge on any atom is 0.333 e.